The van der Waals surface area contributed by atoms with Crippen molar-refractivity contribution in [1.82, 2.24) is 9.91 Å². The topological polar surface area (TPSA) is 48.3 Å². The largest absolute Gasteiger partial charge is 0.296 e. The third-order valence-corrected chi connectivity index (χ3v) is 5.83. The van der Waals surface area contributed by atoms with Gasteiger partial charge in [0, 0.05) is 18.4 Å². The monoisotopic (exact) mass is 334 g/mol. The Labute approximate surface area is 136 Å². The van der Waals surface area contributed by atoms with Gasteiger partial charge in [-0.1, -0.05) is 29.8 Å². The first-order chi connectivity index (χ1) is 10.6. The third-order valence-electron chi connectivity index (χ3n) is 3.99. The maximum Gasteiger partial charge on any atom is 0.181 e. The quantitative estimate of drug-likeness (QED) is 0.789. The second kappa shape index (κ2) is 5.21. The smallest absolute Gasteiger partial charge is 0.181 e. The zero-order valence-electron chi connectivity index (χ0n) is 12.1. The van der Waals surface area contributed by atoms with Gasteiger partial charge < -0.3 is 0 Å². The fourth-order valence-electron chi connectivity index (χ4n) is 3.00. The predicted molar refractivity (Wildman–Crippen MR) is 89.4 cm³/mol. The molecule has 4 rings (SSSR count). The number of halogens is 1. The summed E-state index contributed by atoms with van der Waals surface area (Å²) in [6.07, 6.45) is 0.842. The van der Waals surface area contributed by atoms with E-state index in [0.29, 0.717) is 24.0 Å². The number of benzene rings is 1. The van der Waals surface area contributed by atoms with Crippen molar-refractivity contribution in [3.05, 3.63) is 45.5 Å². The van der Waals surface area contributed by atoms with Gasteiger partial charge in [0.15, 0.2) is 5.84 Å². The number of hydrazone groups is 1. The Morgan fingerprint density at radius 3 is 2.95 bits per heavy atom. The molecule has 3 aliphatic heterocycles. The molecule has 0 saturated heterocycles. The van der Waals surface area contributed by atoms with Gasteiger partial charge in [-0.2, -0.15) is 5.10 Å². The minimum atomic E-state index is -0.961. The van der Waals surface area contributed by atoms with Gasteiger partial charge in [-0.3, -0.25) is 19.1 Å². The summed E-state index contributed by atoms with van der Waals surface area (Å²) in [5.74, 6) is 1.44. The standard InChI is InChI=1S/C15H15ClN4OS/c1-19-9-20-14(18-19)13(11-4-2-3-5-12(11)16)17-8-10-6-7-22(21)15(10)20/h2-5H,6-9H2,1H3. The number of rotatable bonds is 1. The molecule has 1 aromatic carbocycles. The summed E-state index contributed by atoms with van der Waals surface area (Å²) in [4.78, 5) is 6.78. The number of amidine groups is 1. The van der Waals surface area contributed by atoms with Crippen LogP contribution in [0.2, 0.25) is 5.02 Å². The lowest BCUT2D eigenvalue weighted by molar-refractivity contribution is 0.313. The highest BCUT2D eigenvalue weighted by atomic mass is 35.5. The Bertz CT molecular complexity index is 771. The Morgan fingerprint density at radius 2 is 2.14 bits per heavy atom. The van der Waals surface area contributed by atoms with Crippen LogP contribution in [0.15, 0.2) is 45.0 Å². The third kappa shape index (κ3) is 2.09. The molecular formula is C15H15ClN4OS. The molecule has 3 aliphatic rings. The second-order valence-electron chi connectivity index (χ2n) is 5.50. The van der Waals surface area contributed by atoms with Gasteiger partial charge in [-0.15, -0.1) is 0 Å². The van der Waals surface area contributed by atoms with Crippen molar-refractivity contribution >= 4 is 33.9 Å². The van der Waals surface area contributed by atoms with Crippen molar-refractivity contribution in [2.24, 2.45) is 10.1 Å². The highest BCUT2D eigenvalue weighted by Crippen LogP contribution is 2.32. The minimum Gasteiger partial charge on any atom is -0.296 e. The zero-order valence-corrected chi connectivity index (χ0v) is 13.7. The molecule has 0 aromatic heterocycles. The lowest BCUT2D eigenvalue weighted by Crippen LogP contribution is -2.35. The van der Waals surface area contributed by atoms with Crippen LogP contribution in [0.5, 0.6) is 0 Å². The first kappa shape index (κ1) is 14.0. The number of aliphatic imine (C=N–C) groups is 1. The molecule has 0 spiro atoms. The molecule has 0 radical (unpaired) electrons. The summed E-state index contributed by atoms with van der Waals surface area (Å²) >= 11 is 6.35. The number of hydrogen-bond donors (Lipinski definition) is 0. The van der Waals surface area contributed by atoms with E-state index >= 15 is 0 Å². The average molecular weight is 335 g/mol. The molecule has 5 nitrogen and oxygen atoms in total. The number of nitrogens with zero attached hydrogens (tertiary/aromatic N) is 4. The Kier molecular flexibility index (Phi) is 3.31. The van der Waals surface area contributed by atoms with Crippen LogP contribution < -0.4 is 0 Å². The summed E-state index contributed by atoms with van der Waals surface area (Å²) < 4.78 is 12.4. The van der Waals surface area contributed by atoms with E-state index in [-0.39, 0.29) is 0 Å². The maximum absolute atomic E-state index is 12.4. The molecule has 3 heterocycles. The van der Waals surface area contributed by atoms with Crippen LogP contribution in [0.4, 0.5) is 0 Å². The van der Waals surface area contributed by atoms with E-state index < -0.39 is 10.8 Å². The summed E-state index contributed by atoms with van der Waals surface area (Å²) in [7, 11) is 0.946. The Balaban J connectivity index is 1.86. The molecule has 0 aliphatic carbocycles. The van der Waals surface area contributed by atoms with Gasteiger partial charge in [0.1, 0.15) is 17.4 Å². The van der Waals surface area contributed by atoms with Crippen molar-refractivity contribution in [2.75, 3.05) is 26.0 Å². The zero-order chi connectivity index (χ0) is 15.3. The summed E-state index contributed by atoms with van der Waals surface area (Å²) in [6, 6.07) is 7.65. The molecule has 1 unspecified atom stereocenters. The summed E-state index contributed by atoms with van der Waals surface area (Å²) in [6.45, 7) is 1.17. The molecule has 0 N–H and O–H groups in total. The average Bonchev–Trinajstić information content (AvgIpc) is 3.00. The van der Waals surface area contributed by atoms with Gasteiger partial charge in [0.05, 0.1) is 22.4 Å². The minimum absolute atomic E-state index is 0.570. The highest BCUT2D eigenvalue weighted by Gasteiger charge is 2.37. The maximum atomic E-state index is 12.4. The van der Waals surface area contributed by atoms with Gasteiger partial charge in [-0.25, -0.2) is 0 Å². The molecule has 0 fully saturated rings. The SMILES string of the molecule is CN1CN2C(=N1)C(c1ccccc1Cl)=NCC1=C2S(=O)CC1. The van der Waals surface area contributed by atoms with E-state index in [4.69, 9.17) is 16.6 Å². The molecule has 0 amide bonds. The van der Waals surface area contributed by atoms with E-state index in [9.17, 15) is 4.21 Å². The second-order valence-corrected chi connectivity index (χ2v) is 7.40. The highest BCUT2D eigenvalue weighted by molar-refractivity contribution is 7.89. The van der Waals surface area contributed by atoms with Crippen molar-refractivity contribution < 1.29 is 4.21 Å². The van der Waals surface area contributed by atoms with Gasteiger partial charge in [0.2, 0.25) is 0 Å². The summed E-state index contributed by atoms with van der Waals surface area (Å²) in [5.41, 5.74) is 2.81. The van der Waals surface area contributed by atoms with Crippen LogP contribution in [0.3, 0.4) is 0 Å². The van der Waals surface area contributed by atoms with E-state index in [2.05, 4.69) is 5.10 Å². The van der Waals surface area contributed by atoms with Crippen LogP contribution in [0, 0.1) is 0 Å². The van der Waals surface area contributed by atoms with Crippen LogP contribution >= 0.6 is 11.6 Å². The van der Waals surface area contributed by atoms with Crippen LogP contribution in [0.25, 0.3) is 0 Å². The fourth-order valence-corrected chi connectivity index (χ4v) is 4.73. The van der Waals surface area contributed by atoms with Gasteiger partial charge in [0.25, 0.3) is 0 Å². The molecule has 7 heteroatoms. The van der Waals surface area contributed by atoms with Crippen LogP contribution in [0.1, 0.15) is 12.0 Å². The van der Waals surface area contributed by atoms with Crippen molar-refractivity contribution in [1.29, 1.82) is 0 Å². The molecule has 22 heavy (non-hydrogen) atoms. The molecule has 0 saturated carbocycles. The van der Waals surface area contributed by atoms with Crippen molar-refractivity contribution in [2.45, 2.75) is 6.42 Å². The van der Waals surface area contributed by atoms with Crippen molar-refractivity contribution in [3.63, 3.8) is 0 Å². The van der Waals surface area contributed by atoms with E-state index in [1.54, 1.807) is 0 Å². The van der Waals surface area contributed by atoms with E-state index in [1.807, 2.05) is 41.2 Å². The molecule has 114 valence electrons. The predicted octanol–water partition coefficient (Wildman–Crippen LogP) is 2.03. The molecule has 0 bridgehead atoms. The Morgan fingerprint density at radius 1 is 1.32 bits per heavy atom. The van der Waals surface area contributed by atoms with Gasteiger partial charge >= 0.3 is 0 Å². The van der Waals surface area contributed by atoms with Gasteiger partial charge in [-0.05, 0) is 18.1 Å². The molecular weight excluding hydrogens is 320 g/mol. The lowest BCUT2D eigenvalue weighted by atomic mass is 10.1. The van der Waals surface area contributed by atoms with E-state index in [1.165, 1.54) is 0 Å². The van der Waals surface area contributed by atoms with E-state index in [0.717, 1.165) is 34.1 Å². The summed E-state index contributed by atoms with van der Waals surface area (Å²) in [5, 5.41) is 7.97. The normalized spacial score (nSPS) is 24.0. The lowest BCUT2D eigenvalue weighted by Gasteiger charge is -2.21. The van der Waals surface area contributed by atoms with Crippen molar-refractivity contribution in [3.8, 4) is 0 Å². The molecule has 1 atom stereocenters. The number of fused-ring (bicyclic) bond motifs is 2. The first-order valence-corrected chi connectivity index (χ1v) is 8.82. The molecule has 1 aromatic rings. The fraction of sp³-hybridized carbons (Fsp3) is 0.333. The van der Waals surface area contributed by atoms with Crippen LogP contribution in [-0.4, -0.2) is 51.7 Å². The van der Waals surface area contributed by atoms with Crippen LogP contribution in [-0.2, 0) is 10.8 Å². The Hall–Kier alpha value is -1.66. The first-order valence-electron chi connectivity index (χ1n) is 7.12. The number of hydrogen-bond acceptors (Lipinski definition) is 5.